The molecule has 0 saturated heterocycles. The van der Waals surface area contributed by atoms with Gasteiger partial charge in [-0.15, -0.1) is 0 Å². The van der Waals surface area contributed by atoms with Gasteiger partial charge in [0.2, 0.25) is 5.06 Å². The molecule has 8 heteroatoms. The Labute approximate surface area is 171 Å². The van der Waals surface area contributed by atoms with Gasteiger partial charge in [0.05, 0.1) is 17.0 Å². The highest BCUT2D eigenvalue weighted by molar-refractivity contribution is 7.08. The van der Waals surface area contributed by atoms with E-state index in [-0.39, 0.29) is 21.9 Å². The molecule has 5 nitrogen and oxygen atoms in total. The largest absolute Gasteiger partial charge is 0.442 e. The second-order valence-corrected chi connectivity index (χ2v) is 7.31. The van der Waals surface area contributed by atoms with E-state index in [2.05, 4.69) is 15.4 Å². The maximum Gasteiger partial charge on any atom is 0.218 e. The predicted molar refractivity (Wildman–Crippen MR) is 110 cm³/mol. The zero-order valence-corrected chi connectivity index (χ0v) is 17.0. The Morgan fingerprint density at radius 3 is 2.75 bits per heavy atom. The van der Waals surface area contributed by atoms with Gasteiger partial charge in [-0.1, -0.05) is 23.7 Å². The predicted octanol–water partition coefficient (Wildman–Crippen LogP) is 5.80. The average Bonchev–Trinajstić information content (AvgIpc) is 3.06. The average molecular weight is 415 g/mol. The molecule has 0 unspecified atom stereocenters. The van der Waals surface area contributed by atoms with Crippen molar-refractivity contribution in [3.8, 4) is 28.1 Å². The second-order valence-electron chi connectivity index (χ2n) is 6.16. The van der Waals surface area contributed by atoms with Crippen molar-refractivity contribution < 1.29 is 9.13 Å². The van der Waals surface area contributed by atoms with Crippen LogP contribution in [0.5, 0.6) is 10.8 Å². The minimum atomic E-state index is -0.451. The highest BCUT2D eigenvalue weighted by Gasteiger charge is 2.20. The third kappa shape index (κ3) is 4.14. The highest BCUT2D eigenvalue weighted by atomic mass is 35.5. The lowest BCUT2D eigenvalue weighted by Gasteiger charge is -2.10. The number of halogens is 2. The van der Waals surface area contributed by atoms with Gasteiger partial charge in [-0.2, -0.15) is 9.64 Å². The first-order chi connectivity index (χ1) is 13.4. The topological polar surface area (TPSA) is 61.5 Å². The molecule has 142 valence electrons. The number of aromatic nitrogens is 1. The van der Waals surface area contributed by atoms with Crippen molar-refractivity contribution >= 4 is 35.2 Å². The number of benzene rings is 2. The molecule has 0 spiro atoms. The van der Waals surface area contributed by atoms with E-state index in [4.69, 9.17) is 16.3 Å². The van der Waals surface area contributed by atoms with Gasteiger partial charge < -0.3 is 9.64 Å². The van der Waals surface area contributed by atoms with E-state index in [1.807, 2.05) is 25.9 Å². The molecule has 0 bridgehead atoms. The zero-order chi connectivity index (χ0) is 20.3. The molecule has 3 rings (SSSR count). The SMILES string of the molecule is Cc1cc(Oc2snc(-c3ccccc3F)c2C#N)c(Cl)cc1N=CN(C)C. The van der Waals surface area contributed by atoms with Crippen LogP contribution < -0.4 is 4.74 Å². The number of rotatable bonds is 5. The smallest absolute Gasteiger partial charge is 0.218 e. The second kappa shape index (κ2) is 8.38. The summed E-state index contributed by atoms with van der Waals surface area (Å²) in [6.45, 7) is 1.88. The van der Waals surface area contributed by atoms with Gasteiger partial charge in [-0.25, -0.2) is 9.38 Å². The number of hydrogen-bond donors (Lipinski definition) is 0. The lowest BCUT2D eigenvalue weighted by atomic mass is 10.1. The molecule has 0 fully saturated rings. The number of ether oxygens (including phenoxy) is 1. The fourth-order valence-electron chi connectivity index (χ4n) is 2.42. The standard InChI is InChI=1S/C20H16ClFN4OS/c1-12-8-18(15(21)9-17(12)24-11-26(2)3)27-20-14(10-23)19(25-28-20)13-6-4-5-7-16(13)22/h4-9,11H,1-3H3. The summed E-state index contributed by atoms with van der Waals surface area (Å²) in [6.07, 6.45) is 1.68. The minimum absolute atomic E-state index is 0.165. The molecule has 0 amide bonds. The Balaban J connectivity index is 1.96. The third-order valence-corrected chi connectivity index (χ3v) is 4.80. The van der Waals surface area contributed by atoms with Gasteiger partial charge in [0, 0.05) is 31.2 Å². The van der Waals surface area contributed by atoms with Crippen LogP contribution in [0.25, 0.3) is 11.3 Å². The molecule has 0 atom stereocenters. The van der Waals surface area contributed by atoms with Crippen molar-refractivity contribution in [3.05, 3.63) is 58.4 Å². The molecule has 0 aliphatic rings. The summed E-state index contributed by atoms with van der Waals surface area (Å²) >= 11 is 7.32. The summed E-state index contributed by atoms with van der Waals surface area (Å²) in [6, 6.07) is 11.7. The van der Waals surface area contributed by atoms with Crippen molar-refractivity contribution in [1.82, 2.24) is 9.27 Å². The summed E-state index contributed by atoms with van der Waals surface area (Å²) < 4.78 is 24.2. The van der Waals surface area contributed by atoms with Crippen LogP contribution in [0.3, 0.4) is 0 Å². The highest BCUT2D eigenvalue weighted by Crippen LogP contribution is 2.40. The lowest BCUT2D eigenvalue weighted by Crippen LogP contribution is -2.07. The molecular formula is C20H16ClFN4OS. The normalized spacial score (nSPS) is 10.9. The number of nitriles is 1. The van der Waals surface area contributed by atoms with Crippen molar-refractivity contribution in [2.75, 3.05) is 14.1 Å². The molecule has 0 radical (unpaired) electrons. The first-order valence-electron chi connectivity index (χ1n) is 8.24. The molecule has 0 N–H and O–H groups in total. The molecule has 1 heterocycles. The van der Waals surface area contributed by atoms with Gasteiger partial charge >= 0.3 is 0 Å². The first-order valence-corrected chi connectivity index (χ1v) is 9.39. The molecule has 28 heavy (non-hydrogen) atoms. The van der Waals surface area contributed by atoms with Gasteiger partial charge in [0.25, 0.3) is 0 Å². The van der Waals surface area contributed by atoms with Crippen LogP contribution in [0.2, 0.25) is 5.02 Å². The van der Waals surface area contributed by atoms with E-state index in [0.29, 0.717) is 16.5 Å². The molecular weight excluding hydrogens is 399 g/mol. The summed E-state index contributed by atoms with van der Waals surface area (Å²) in [5.74, 6) is -0.0731. The van der Waals surface area contributed by atoms with E-state index < -0.39 is 5.82 Å². The van der Waals surface area contributed by atoms with Crippen molar-refractivity contribution in [2.24, 2.45) is 4.99 Å². The molecule has 0 saturated carbocycles. The van der Waals surface area contributed by atoms with E-state index in [1.54, 1.807) is 36.7 Å². The summed E-state index contributed by atoms with van der Waals surface area (Å²) in [5, 5.41) is 10.2. The van der Waals surface area contributed by atoms with Crippen LogP contribution in [-0.2, 0) is 0 Å². The maximum absolute atomic E-state index is 14.1. The number of aliphatic imine (C=N–C) groups is 1. The Hall–Kier alpha value is -2.95. The van der Waals surface area contributed by atoms with E-state index >= 15 is 0 Å². The third-order valence-electron chi connectivity index (χ3n) is 3.78. The van der Waals surface area contributed by atoms with Crippen LogP contribution in [0.4, 0.5) is 10.1 Å². The van der Waals surface area contributed by atoms with Gasteiger partial charge in [0.15, 0.2) is 0 Å². The van der Waals surface area contributed by atoms with Crippen LogP contribution in [0, 0.1) is 24.1 Å². The molecule has 3 aromatic rings. The summed E-state index contributed by atoms with van der Waals surface area (Å²) in [7, 11) is 3.75. The quantitative estimate of drug-likeness (QED) is 0.391. The van der Waals surface area contributed by atoms with E-state index in [9.17, 15) is 9.65 Å². The van der Waals surface area contributed by atoms with E-state index in [0.717, 1.165) is 17.1 Å². The Bertz CT molecular complexity index is 1090. The molecule has 1 aromatic heterocycles. The Morgan fingerprint density at radius 2 is 2.07 bits per heavy atom. The van der Waals surface area contributed by atoms with Crippen LogP contribution >= 0.6 is 23.1 Å². The molecule has 2 aromatic carbocycles. The fourth-order valence-corrected chi connectivity index (χ4v) is 3.34. The monoisotopic (exact) mass is 414 g/mol. The summed E-state index contributed by atoms with van der Waals surface area (Å²) in [5.41, 5.74) is 2.23. The van der Waals surface area contributed by atoms with Gasteiger partial charge in [-0.05, 0) is 36.8 Å². The zero-order valence-electron chi connectivity index (χ0n) is 15.4. The summed E-state index contributed by atoms with van der Waals surface area (Å²) in [4.78, 5) is 6.18. The first kappa shape index (κ1) is 19.8. The fraction of sp³-hybridized carbons (Fsp3) is 0.150. The van der Waals surface area contributed by atoms with Crippen LogP contribution in [0.15, 0.2) is 41.4 Å². The minimum Gasteiger partial charge on any atom is -0.442 e. The number of aryl methyl sites for hydroxylation is 1. The number of hydrogen-bond acceptors (Lipinski definition) is 5. The molecule has 0 aliphatic carbocycles. The molecule has 0 aliphatic heterocycles. The van der Waals surface area contributed by atoms with Crippen LogP contribution in [-0.4, -0.2) is 29.7 Å². The Morgan fingerprint density at radius 1 is 1.32 bits per heavy atom. The Kier molecular flexibility index (Phi) is 5.93. The van der Waals surface area contributed by atoms with E-state index in [1.165, 1.54) is 6.07 Å². The van der Waals surface area contributed by atoms with Crippen molar-refractivity contribution in [1.29, 1.82) is 5.26 Å². The van der Waals surface area contributed by atoms with Crippen LogP contribution in [0.1, 0.15) is 11.1 Å². The van der Waals surface area contributed by atoms with Crippen molar-refractivity contribution in [3.63, 3.8) is 0 Å². The van der Waals surface area contributed by atoms with Gasteiger partial charge in [0.1, 0.15) is 28.9 Å². The number of nitrogens with zero attached hydrogens (tertiary/aromatic N) is 4. The lowest BCUT2D eigenvalue weighted by molar-refractivity contribution is 0.495. The van der Waals surface area contributed by atoms with Gasteiger partial charge in [-0.3, -0.25) is 0 Å². The maximum atomic E-state index is 14.1. The van der Waals surface area contributed by atoms with Crippen molar-refractivity contribution in [2.45, 2.75) is 6.92 Å².